The van der Waals surface area contributed by atoms with Crippen molar-refractivity contribution in [3.63, 3.8) is 0 Å². The first-order valence-corrected chi connectivity index (χ1v) is 7.37. The van der Waals surface area contributed by atoms with Crippen LogP contribution in [-0.2, 0) is 4.79 Å². The summed E-state index contributed by atoms with van der Waals surface area (Å²) >= 11 is 0. The lowest BCUT2D eigenvalue weighted by Gasteiger charge is -2.17. The molecular weight excluding hydrogens is 252 g/mol. The van der Waals surface area contributed by atoms with Crippen LogP contribution in [0, 0.1) is 18.8 Å². The molecule has 1 aliphatic rings. The number of hydrogen-bond donors (Lipinski definition) is 3. The van der Waals surface area contributed by atoms with Crippen LogP contribution < -0.4 is 10.6 Å². The van der Waals surface area contributed by atoms with Gasteiger partial charge in [0.15, 0.2) is 0 Å². The molecule has 0 saturated heterocycles. The van der Waals surface area contributed by atoms with E-state index in [1.54, 1.807) is 0 Å². The molecule has 1 amide bonds. The molecule has 20 heavy (non-hydrogen) atoms. The number of aliphatic hydroxyl groups excluding tert-OH is 1. The fourth-order valence-corrected chi connectivity index (χ4v) is 2.92. The minimum Gasteiger partial charge on any atom is -0.396 e. The van der Waals surface area contributed by atoms with Crippen molar-refractivity contribution in [2.75, 3.05) is 25.0 Å². The van der Waals surface area contributed by atoms with E-state index in [0.717, 1.165) is 30.6 Å². The zero-order valence-corrected chi connectivity index (χ0v) is 12.1. The van der Waals surface area contributed by atoms with Crippen LogP contribution in [0.5, 0.6) is 0 Å². The number of rotatable bonds is 6. The molecule has 0 bridgehead atoms. The predicted octanol–water partition coefficient (Wildman–Crippen LogP) is 1.93. The van der Waals surface area contributed by atoms with Crippen molar-refractivity contribution in [3.8, 4) is 0 Å². The van der Waals surface area contributed by atoms with Crippen LogP contribution in [-0.4, -0.2) is 30.7 Å². The summed E-state index contributed by atoms with van der Waals surface area (Å²) in [5.74, 6) is 0.892. The van der Waals surface area contributed by atoms with Crippen LogP contribution in [0.1, 0.15) is 24.8 Å². The quantitative estimate of drug-likeness (QED) is 0.744. The smallest absolute Gasteiger partial charge is 0.238 e. The lowest BCUT2D eigenvalue weighted by Crippen LogP contribution is -2.33. The topological polar surface area (TPSA) is 61.4 Å². The molecule has 1 aliphatic carbocycles. The largest absolute Gasteiger partial charge is 0.396 e. The number of aryl methyl sites for hydroxylation is 1. The van der Waals surface area contributed by atoms with Gasteiger partial charge < -0.3 is 15.7 Å². The minimum atomic E-state index is -0.0193. The number of carbonyl (C=O) groups excluding carboxylic acids is 1. The van der Waals surface area contributed by atoms with Crippen LogP contribution in [0.25, 0.3) is 0 Å². The number of nitrogens with one attached hydrogen (secondary N) is 2. The SMILES string of the molecule is Cc1cccc(NC(=O)CNCC2CCCC2CO)c1. The Morgan fingerprint density at radius 1 is 1.35 bits per heavy atom. The molecule has 4 heteroatoms. The molecule has 0 spiro atoms. The molecule has 3 N–H and O–H groups in total. The van der Waals surface area contributed by atoms with E-state index in [4.69, 9.17) is 0 Å². The number of aliphatic hydroxyl groups is 1. The molecule has 1 aromatic carbocycles. The molecule has 0 aromatic heterocycles. The first-order valence-electron chi connectivity index (χ1n) is 7.37. The Labute approximate surface area is 120 Å². The first-order chi connectivity index (χ1) is 9.69. The maximum atomic E-state index is 11.8. The molecule has 110 valence electrons. The third-order valence-corrected chi connectivity index (χ3v) is 4.04. The van der Waals surface area contributed by atoms with E-state index in [2.05, 4.69) is 10.6 Å². The van der Waals surface area contributed by atoms with Gasteiger partial charge in [0.05, 0.1) is 6.54 Å². The number of anilines is 1. The lowest BCUT2D eigenvalue weighted by atomic mass is 9.97. The van der Waals surface area contributed by atoms with E-state index < -0.39 is 0 Å². The number of benzene rings is 1. The summed E-state index contributed by atoms with van der Waals surface area (Å²) in [6, 6.07) is 7.78. The van der Waals surface area contributed by atoms with Crippen molar-refractivity contribution in [2.24, 2.45) is 11.8 Å². The average Bonchev–Trinajstić information content (AvgIpc) is 2.86. The molecule has 2 rings (SSSR count). The van der Waals surface area contributed by atoms with Crippen LogP contribution in [0.4, 0.5) is 5.69 Å². The Kier molecular flexibility index (Phi) is 5.56. The summed E-state index contributed by atoms with van der Waals surface area (Å²) in [7, 11) is 0. The van der Waals surface area contributed by atoms with Gasteiger partial charge in [-0.25, -0.2) is 0 Å². The van der Waals surface area contributed by atoms with Gasteiger partial charge in [-0.05, 0) is 55.8 Å². The highest BCUT2D eigenvalue weighted by Gasteiger charge is 2.26. The van der Waals surface area contributed by atoms with Gasteiger partial charge in [-0.15, -0.1) is 0 Å². The molecule has 0 radical (unpaired) electrons. The first kappa shape index (κ1) is 15.0. The van der Waals surface area contributed by atoms with Crippen molar-refractivity contribution in [2.45, 2.75) is 26.2 Å². The molecule has 2 atom stereocenters. The average molecular weight is 276 g/mol. The van der Waals surface area contributed by atoms with E-state index in [-0.39, 0.29) is 12.5 Å². The lowest BCUT2D eigenvalue weighted by molar-refractivity contribution is -0.115. The van der Waals surface area contributed by atoms with E-state index in [0.29, 0.717) is 18.4 Å². The summed E-state index contributed by atoms with van der Waals surface area (Å²) in [6.45, 7) is 3.40. The fourth-order valence-electron chi connectivity index (χ4n) is 2.92. The van der Waals surface area contributed by atoms with Crippen molar-refractivity contribution in [3.05, 3.63) is 29.8 Å². The standard InChI is InChI=1S/C16H24N2O2/c1-12-4-2-7-15(8-12)18-16(20)10-17-9-13-5-3-6-14(13)11-19/h2,4,7-8,13-14,17,19H,3,5-6,9-11H2,1H3,(H,18,20). The Bertz CT molecular complexity index is 448. The maximum Gasteiger partial charge on any atom is 0.238 e. The normalized spacial score (nSPS) is 21.9. The maximum absolute atomic E-state index is 11.8. The Hall–Kier alpha value is -1.39. The van der Waals surface area contributed by atoms with Gasteiger partial charge in [0.1, 0.15) is 0 Å². The molecule has 2 unspecified atom stereocenters. The van der Waals surface area contributed by atoms with Gasteiger partial charge >= 0.3 is 0 Å². The molecule has 1 aromatic rings. The van der Waals surface area contributed by atoms with Crippen LogP contribution >= 0.6 is 0 Å². The molecule has 0 heterocycles. The molecule has 1 fully saturated rings. The van der Waals surface area contributed by atoms with Crippen LogP contribution in [0.3, 0.4) is 0 Å². The Balaban J connectivity index is 1.70. The van der Waals surface area contributed by atoms with Crippen molar-refractivity contribution < 1.29 is 9.90 Å². The molecule has 1 saturated carbocycles. The van der Waals surface area contributed by atoms with Crippen LogP contribution in [0.15, 0.2) is 24.3 Å². The van der Waals surface area contributed by atoms with Gasteiger partial charge in [-0.1, -0.05) is 18.6 Å². The van der Waals surface area contributed by atoms with Gasteiger partial charge in [-0.2, -0.15) is 0 Å². The highest BCUT2D eigenvalue weighted by molar-refractivity contribution is 5.92. The number of carbonyl (C=O) groups is 1. The van der Waals surface area contributed by atoms with Gasteiger partial charge in [0, 0.05) is 12.3 Å². The molecular formula is C16H24N2O2. The Morgan fingerprint density at radius 2 is 2.15 bits per heavy atom. The number of hydrogen-bond acceptors (Lipinski definition) is 3. The van der Waals surface area contributed by atoms with E-state index in [9.17, 15) is 9.90 Å². The highest BCUT2D eigenvalue weighted by atomic mass is 16.3. The van der Waals surface area contributed by atoms with Crippen molar-refractivity contribution in [1.29, 1.82) is 0 Å². The molecule has 4 nitrogen and oxygen atoms in total. The zero-order chi connectivity index (χ0) is 14.4. The second kappa shape index (κ2) is 7.41. The monoisotopic (exact) mass is 276 g/mol. The van der Waals surface area contributed by atoms with E-state index in [1.165, 1.54) is 6.42 Å². The summed E-state index contributed by atoms with van der Waals surface area (Å²) in [6.07, 6.45) is 3.45. The fraction of sp³-hybridized carbons (Fsp3) is 0.562. The van der Waals surface area contributed by atoms with Gasteiger partial charge in [-0.3, -0.25) is 4.79 Å². The van der Waals surface area contributed by atoms with Gasteiger partial charge in [0.25, 0.3) is 0 Å². The highest BCUT2D eigenvalue weighted by Crippen LogP contribution is 2.30. The third-order valence-electron chi connectivity index (χ3n) is 4.04. The third kappa shape index (κ3) is 4.32. The van der Waals surface area contributed by atoms with Crippen molar-refractivity contribution in [1.82, 2.24) is 5.32 Å². The number of amides is 1. The van der Waals surface area contributed by atoms with Crippen molar-refractivity contribution >= 4 is 11.6 Å². The van der Waals surface area contributed by atoms with E-state index >= 15 is 0 Å². The summed E-state index contributed by atoms with van der Waals surface area (Å²) in [4.78, 5) is 11.8. The second-order valence-electron chi connectivity index (χ2n) is 5.68. The summed E-state index contributed by atoms with van der Waals surface area (Å²) < 4.78 is 0. The van der Waals surface area contributed by atoms with Crippen LogP contribution in [0.2, 0.25) is 0 Å². The zero-order valence-electron chi connectivity index (χ0n) is 12.1. The van der Waals surface area contributed by atoms with E-state index in [1.807, 2.05) is 31.2 Å². The molecule has 0 aliphatic heterocycles. The predicted molar refractivity (Wildman–Crippen MR) is 80.6 cm³/mol. The minimum absolute atomic E-state index is 0.0193. The summed E-state index contributed by atoms with van der Waals surface area (Å²) in [5.41, 5.74) is 1.97. The second-order valence-corrected chi connectivity index (χ2v) is 5.68. The van der Waals surface area contributed by atoms with Gasteiger partial charge in [0.2, 0.25) is 5.91 Å². The summed E-state index contributed by atoms with van der Waals surface area (Å²) in [5, 5.41) is 15.3. The Morgan fingerprint density at radius 3 is 2.90 bits per heavy atom.